The Morgan fingerprint density at radius 3 is 2.92 bits per heavy atom. The number of nitrogens with one attached hydrogen (secondary N) is 1. The second kappa shape index (κ2) is 6.07. The highest BCUT2D eigenvalue weighted by Crippen LogP contribution is 2.37. The van der Waals surface area contributed by atoms with E-state index in [1.807, 2.05) is 28.5 Å². The summed E-state index contributed by atoms with van der Waals surface area (Å²) in [5.74, 6) is 1.70. The van der Waals surface area contributed by atoms with E-state index in [-0.39, 0.29) is 18.1 Å². The van der Waals surface area contributed by atoms with Crippen LogP contribution in [0.4, 0.5) is 5.13 Å². The van der Waals surface area contributed by atoms with Gasteiger partial charge in [0.15, 0.2) is 11.2 Å². The molecule has 0 spiro atoms. The fourth-order valence-corrected chi connectivity index (χ4v) is 4.55. The van der Waals surface area contributed by atoms with Crippen LogP contribution in [0.15, 0.2) is 29.8 Å². The fourth-order valence-electron chi connectivity index (χ4n) is 3.87. The van der Waals surface area contributed by atoms with Crippen molar-refractivity contribution in [1.29, 1.82) is 0 Å². The summed E-state index contributed by atoms with van der Waals surface area (Å²) in [5.41, 5.74) is 0.972. The maximum absolute atomic E-state index is 13.0. The van der Waals surface area contributed by atoms with Crippen LogP contribution in [-0.2, 0) is 4.79 Å². The van der Waals surface area contributed by atoms with Crippen LogP contribution < -0.4 is 19.3 Å². The van der Waals surface area contributed by atoms with Gasteiger partial charge in [-0.3, -0.25) is 4.79 Å². The molecule has 0 radical (unpaired) electrons. The van der Waals surface area contributed by atoms with Gasteiger partial charge in [0.25, 0.3) is 5.91 Å². The molecular weight excluding hydrogens is 326 g/mol. The normalized spacial score (nSPS) is 25.8. The first-order valence-corrected chi connectivity index (χ1v) is 8.92. The Kier molecular flexibility index (Phi) is 3.90. The Morgan fingerprint density at radius 1 is 1.33 bits per heavy atom. The molecule has 3 unspecified atom stereocenters. The van der Waals surface area contributed by atoms with E-state index < -0.39 is 0 Å². The minimum absolute atomic E-state index is 0.00908. The molecule has 2 aliphatic heterocycles. The summed E-state index contributed by atoms with van der Waals surface area (Å²) in [6, 6.07) is 5.77. The number of fused-ring (bicyclic) bond motifs is 1. The van der Waals surface area contributed by atoms with Crippen molar-refractivity contribution in [3.05, 3.63) is 35.3 Å². The van der Waals surface area contributed by atoms with Crippen LogP contribution in [0.3, 0.4) is 0 Å². The molecule has 2 saturated heterocycles. The van der Waals surface area contributed by atoms with Gasteiger partial charge < -0.3 is 14.4 Å². The second-order valence-electron chi connectivity index (χ2n) is 6.05. The Balaban J connectivity index is 1.85. The first-order chi connectivity index (χ1) is 11.7. The molecule has 126 valence electrons. The second-order valence-corrected chi connectivity index (χ2v) is 6.93. The number of carbonyl (C=O) groups is 1. The average molecular weight is 346 g/mol. The number of thiazole rings is 1. The van der Waals surface area contributed by atoms with E-state index in [4.69, 9.17) is 9.47 Å². The summed E-state index contributed by atoms with van der Waals surface area (Å²) in [4.78, 5) is 20.5. The van der Waals surface area contributed by atoms with Crippen LogP contribution in [0.5, 0.6) is 11.5 Å². The van der Waals surface area contributed by atoms with Gasteiger partial charge in [0.05, 0.1) is 26.3 Å². The van der Waals surface area contributed by atoms with E-state index in [0.717, 1.165) is 41.6 Å². The molecule has 0 aliphatic carbocycles. The first kappa shape index (κ1) is 15.4. The SMILES string of the molecule is COc1ccc(OC)c(C2N(c3nccs3)C(=O)C3CCC[NH+]32)c1. The van der Waals surface area contributed by atoms with E-state index >= 15 is 0 Å². The third kappa shape index (κ3) is 2.27. The number of ether oxygens (including phenoxy) is 2. The summed E-state index contributed by atoms with van der Waals surface area (Å²) >= 11 is 1.49. The first-order valence-electron chi connectivity index (χ1n) is 8.04. The third-order valence-electron chi connectivity index (χ3n) is 4.91. The van der Waals surface area contributed by atoms with Crippen LogP contribution in [0.2, 0.25) is 0 Å². The molecule has 0 bridgehead atoms. The predicted octanol–water partition coefficient (Wildman–Crippen LogP) is 1.25. The van der Waals surface area contributed by atoms with Gasteiger partial charge in [-0.1, -0.05) is 0 Å². The van der Waals surface area contributed by atoms with Gasteiger partial charge in [-0.15, -0.1) is 11.3 Å². The molecule has 4 rings (SSSR count). The van der Waals surface area contributed by atoms with Gasteiger partial charge in [-0.05, 0) is 18.2 Å². The molecule has 1 aromatic carbocycles. The predicted molar refractivity (Wildman–Crippen MR) is 90.7 cm³/mol. The minimum atomic E-state index is -0.124. The van der Waals surface area contributed by atoms with Crippen molar-refractivity contribution in [2.45, 2.75) is 25.0 Å². The Hall–Kier alpha value is -2.12. The van der Waals surface area contributed by atoms with Crippen LogP contribution in [-0.4, -0.2) is 37.7 Å². The van der Waals surface area contributed by atoms with Gasteiger partial charge in [-0.25, -0.2) is 9.88 Å². The van der Waals surface area contributed by atoms with Crippen molar-refractivity contribution < 1.29 is 19.2 Å². The summed E-state index contributed by atoms with van der Waals surface area (Å²) in [6.45, 7) is 0.976. The van der Waals surface area contributed by atoms with E-state index in [1.54, 1.807) is 20.4 Å². The molecule has 1 aromatic heterocycles. The van der Waals surface area contributed by atoms with E-state index in [9.17, 15) is 4.79 Å². The minimum Gasteiger partial charge on any atom is -0.497 e. The quantitative estimate of drug-likeness (QED) is 0.905. The number of hydrogen-bond acceptors (Lipinski definition) is 5. The number of quaternary nitrogens is 1. The van der Waals surface area contributed by atoms with Crippen LogP contribution >= 0.6 is 11.3 Å². The Labute approximate surface area is 144 Å². The number of hydrogen-bond donors (Lipinski definition) is 1. The Morgan fingerprint density at radius 2 is 2.21 bits per heavy atom. The average Bonchev–Trinajstić information content (AvgIpc) is 3.32. The van der Waals surface area contributed by atoms with E-state index in [0.29, 0.717) is 0 Å². The number of nitrogens with zero attached hydrogens (tertiary/aromatic N) is 2. The van der Waals surface area contributed by atoms with Crippen LogP contribution in [0.25, 0.3) is 0 Å². The molecule has 2 aromatic rings. The third-order valence-corrected chi connectivity index (χ3v) is 5.68. The molecule has 1 N–H and O–H groups in total. The summed E-state index contributed by atoms with van der Waals surface area (Å²) < 4.78 is 11.0. The lowest BCUT2D eigenvalue weighted by Crippen LogP contribution is -3.12. The van der Waals surface area contributed by atoms with E-state index in [1.165, 1.54) is 16.2 Å². The zero-order valence-corrected chi connectivity index (χ0v) is 14.5. The fraction of sp³-hybridized carbons (Fsp3) is 0.412. The van der Waals surface area contributed by atoms with Crippen molar-refractivity contribution in [2.24, 2.45) is 0 Å². The number of rotatable bonds is 4. The van der Waals surface area contributed by atoms with Crippen molar-refractivity contribution >= 4 is 22.4 Å². The van der Waals surface area contributed by atoms with E-state index in [2.05, 4.69) is 4.98 Å². The standard InChI is InChI=1S/C17H19N3O3S/c1-22-11-5-6-14(23-2)12(10-11)15-19-8-3-4-13(19)16(21)20(15)17-18-7-9-24-17/h5-7,9-10,13,15H,3-4,8H2,1-2H3/p+1. The monoisotopic (exact) mass is 346 g/mol. The molecule has 3 atom stereocenters. The number of aromatic nitrogens is 1. The lowest BCUT2D eigenvalue weighted by atomic mass is 10.1. The van der Waals surface area contributed by atoms with Gasteiger partial charge in [-0.2, -0.15) is 0 Å². The van der Waals surface area contributed by atoms with Crippen molar-refractivity contribution in [1.82, 2.24) is 4.98 Å². The Bertz CT molecular complexity index is 750. The summed E-state index contributed by atoms with van der Waals surface area (Å²) in [5, 5.41) is 2.65. The molecule has 1 amide bonds. The van der Waals surface area contributed by atoms with Crippen molar-refractivity contribution in [3.63, 3.8) is 0 Å². The van der Waals surface area contributed by atoms with Crippen LogP contribution in [0.1, 0.15) is 24.6 Å². The maximum Gasteiger partial charge on any atom is 0.292 e. The lowest BCUT2D eigenvalue weighted by Gasteiger charge is -2.26. The highest BCUT2D eigenvalue weighted by molar-refractivity contribution is 7.13. The van der Waals surface area contributed by atoms with Crippen molar-refractivity contribution in [2.75, 3.05) is 25.7 Å². The molecular formula is C17H20N3O3S+. The number of methoxy groups -OCH3 is 2. The topological polar surface area (TPSA) is 56.1 Å². The lowest BCUT2D eigenvalue weighted by molar-refractivity contribution is -0.924. The number of benzene rings is 1. The van der Waals surface area contributed by atoms with Crippen molar-refractivity contribution in [3.8, 4) is 11.5 Å². The van der Waals surface area contributed by atoms with Crippen LogP contribution in [0, 0.1) is 0 Å². The zero-order valence-electron chi connectivity index (χ0n) is 13.7. The van der Waals surface area contributed by atoms with Gasteiger partial charge >= 0.3 is 0 Å². The largest absolute Gasteiger partial charge is 0.497 e. The number of amides is 1. The van der Waals surface area contributed by atoms with Gasteiger partial charge in [0.1, 0.15) is 11.5 Å². The smallest absolute Gasteiger partial charge is 0.292 e. The molecule has 6 nitrogen and oxygen atoms in total. The summed E-state index contributed by atoms with van der Waals surface area (Å²) in [7, 11) is 3.31. The molecule has 2 fully saturated rings. The molecule has 2 aliphatic rings. The van der Waals surface area contributed by atoms with Gasteiger partial charge in [0.2, 0.25) is 6.17 Å². The maximum atomic E-state index is 13.0. The van der Waals surface area contributed by atoms with Gasteiger partial charge in [0, 0.05) is 24.4 Å². The summed E-state index contributed by atoms with van der Waals surface area (Å²) in [6.07, 6.45) is 3.62. The molecule has 0 saturated carbocycles. The molecule has 24 heavy (non-hydrogen) atoms. The highest BCUT2D eigenvalue weighted by Gasteiger charge is 2.55. The number of carbonyl (C=O) groups excluding carboxylic acids is 1. The number of anilines is 1. The zero-order chi connectivity index (χ0) is 16.7. The highest BCUT2D eigenvalue weighted by atomic mass is 32.1. The molecule has 3 heterocycles. The molecule has 7 heteroatoms.